The molecule has 0 atom stereocenters. The van der Waals surface area contributed by atoms with Gasteiger partial charge in [0.15, 0.2) is 0 Å². The molecular weight excluding hydrogens is 158 g/mol. The maximum atomic E-state index is 4.24. The topological polar surface area (TPSA) is 12.9 Å². The molecule has 13 heavy (non-hydrogen) atoms. The van der Waals surface area contributed by atoms with Gasteiger partial charge in [0.1, 0.15) is 0 Å². The van der Waals surface area contributed by atoms with Gasteiger partial charge in [0.25, 0.3) is 0 Å². The van der Waals surface area contributed by atoms with E-state index in [1.54, 1.807) is 0 Å². The molecule has 1 heteroatoms. The fraction of sp³-hybridized carbons (Fsp3) is 0.0833. The first kappa shape index (κ1) is 7.99. The van der Waals surface area contributed by atoms with Gasteiger partial charge < -0.3 is 0 Å². The van der Waals surface area contributed by atoms with Crippen LogP contribution in [0, 0.1) is 13.0 Å². The fourth-order valence-corrected chi connectivity index (χ4v) is 1.35. The predicted molar refractivity (Wildman–Crippen MR) is 53.2 cm³/mol. The lowest BCUT2D eigenvalue weighted by Gasteiger charge is -2.03. The summed E-state index contributed by atoms with van der Waals surface area (Å²) in [5, 5.41) is 0. The second-order valence-electron chi connectivity index (χ2n) is 2.93. The number of aryl methyl sites for hydroxylation is 1. The molecule has 0 aliphatic rings. The maximum Gasteiger partial charge on any atom is 0.0450 e. The highest BCUT2D eigenvalue weighted by Crippen LogP contribution is 2.20. The molecule has 1 heterocycles. The Morgan fingerprint density at radius 2 is 2.15 bits per heavy atom. The number of benzene rings is 1. The average Bonchev–Trinajstić information content (AvgIpc) is 2.20. The van der Waals surface area contributed by atoms with E-state index in [2.05, 4.69) is 23.2 Å². The summed E-state index contributed by atoms with van der Waals surface area (Å²) in [6, 6.07) is 15.0. The third kappa shape index (κ3) is 1.59. The van der Waals surface area contributed by atoms with Crippen molar-refractivity contribution in [2.75, 3.05) is 0 Å². The quantitative estimate of drug-likeness (QED) is 0.638. The van der Waals surface area contributed by atoms with Crippen LogP contribution >= 0.6 is 0 Å². The second kappa shape index (κ2) is 3.40. The fourth-order valence-electron chi connectivity index (χ4n) is 1.35. The number of hydrogen-bond acceptors (Lipinski definition) is 1. The summed E-state index contributed by atoms with van der Waals surface area (Å²) in [6.07, 6.45) is 1.81. The molecule has 0 amide bonds. The first-order valence-electron chi connectivity index (χ1n) is 4.26. The zero-order valence-corrected chi connectivity index (χ0v) is 7.49. The molecule has 0 saturated heterocycles. The highest BCUT2D eigenvalue weighted by Gasteiger charge is 1.99. The summed E-state index contributed by atoms with van der Waals surface area (Å²) in [5.41, 5.74) is 3.41. The maximum absolute atomic E-state index is 4.24. The Morgan fingerprint density at radius 3 is 2.85 bits per heavy atom. The first-order valence-corrected chi connectivity index (χ1v) is 4.26. The van der Waals surface area contributed by atoms with Crippen molar-refractivity contribution in [3.63, 3.8) is 0 Å². The molecule has 0 aliphatic heterocycles. The Bertz CT molecular complexity index is 393. The van der Waals surface area contributed by atoms with E-state index in [9.17, 15) is 0 Å². The number of nitrogens with zero attached hydrogens (tertiary/aromatic N) is 1. The molecule has 0 bridgehead atoms. The Morgan fingerprint density at radius 1 is 1.23 bits per heavy atom. The van der Waals surface area contributed by atoms with E-state index in [4.69, 9.17) is 0 Å². The highest BCUT2D eigenvalue weighted by molar-refractivity contribution is 5.64. The van der Waals surface area contributed by atoms with Crippen LogP contribution in [0.3, 0.4) is 0 Å². The lowest BCUT2D eigenvalue weighted by atomic mass is 10.1. The second-order valence-corrected chi connectivity index (χ2v) is 2.93. The van der Waals surface area contributed by atoms with Gasteiger partial charge >= 0.3 is 0 Å². The number of pyridine rings is 1. The van der Waals surface area contributed by atoms with Gasteiger partial charge in [-0.3, -0.25) is 4.98 Å². The van der Waals surface area contributed by atoms with Gasteiger partial charge in [-0.2, -0.15) is 0 Å². The largest absolute Gasteiger partial charge is 0.261 e. The van der Waals surface area contributed by atoms with Gasteiger partial charge in [-0.1, -0.05) is 24.3 Å². The molecule has 1 radical (unpaired) electrons. The summed E-state index contributed by atoms with van der Waals surface area (Å²) in [7, 11) is 0. The molecular formula is C12H10N. The summed E-state index contributed by atoms with van der Waals surface area (Å²) < 4.78 is 0. The van der Waals surface area contributed by atoms with Crippen molar-refractivity contribution in [3.05, 3.63) is 54.4 Å². The molecule has 0 fully saturated rings. The van der Waals surface area contributed by atoms with Crippen molar-refractivity contribution in [2.45, 2.75) is 6.92 Å². The van der Waals surface area contributed by atoms with Crippen LogP contribution in [0.4, 0.5) is 0 Å². The van der Waals surface area contributed by atoms with Crippen LogP contribution in [0.2, 0.25) is 0 Å². The van der Waals surface area contributed by atoms with Crippen molar-refractivity contribution in [1.82, 2.24) is 4.98 Å². The van der Waals surface area contributed by atoms with E-state index >= 15 is 0 Å². The predicted octanol–water partition coefficient (Wildman–Crippen LogP) is 2.86. The average molecular weight is 168 g/mol. The molecule has 63 valence electrons. The molecule has 1 aromatic heterocycles. The Kier molecular flexibility index (Phi) is 2.09. The highest BCUT2D eigenvalue weighted by atomic mass is 14.7. The molecule has 1 aromatic carbocycles. The summed E-state index contributed by atoms with van der Waals surface area (Å²) >= 11 is 0. The van der Waals surface area contributed by atoms with Crippen molar-refractivity contribution < 1.29 is 0 Å². The molecule has 0 aliphatic carbocycles. The van der Waals surface area contributed by atoms with E-state index in [0.29, 0.717) is 0 Å². The first-order chi connectivity index (χ1) is 6.38. The number of hydrogen-bond donors (Lipinski definition) is 0. The van der Waals surface area contributed by atoms with Crippen LogP contribution in [0.15, 0.2) is 42.6 Å². The zero-order chi connectivity index (χ0) is 9.10. The minimum Gasteiger partial charge on any atom is -0.261 e. The molecule has 0 spiro atoms. The van der Waals surface area contributed by atoms with E-state index in [-0.39, 0.29) is 0 Å². The zero-order valence-electron chi connectivity index (χ0n) is 7.49. The van der Waals surface area contributed by atoms with Gasteiger partial charge in [-0.15, -0.1) is 0 Å². The van der Waals surface area contributed by atoms with Crippen molar-refractivity contribution in [3.8, 4) is 11.1 Å². The van der Waals surface area contributed by atoms with E-state index in [1.165, 1.54) is 11.1 Å². The minimum absolute atomic E-state index is 1.06. The Balaban J connectivity index is 2.54. The van der Waals surface area contributed by atoms with E-state index in [1.807, 2.05) is 37.4 Å². The SMILES string of the molecule is Cc1ncccc1-c1c[c]ccc1. The van der Waals surface area contributed by atoms with Gasteiger partial charge in [0.05, 0.1) is 0 Å². The van der Waals surface area contributed by atoms with Crippen molar-refractivity contribution in [2.24, 2.45) is 0 Å². The Labute approximate surface area is 78.1 Å². The molecule has 2 rings (SSSR count). The summed E-state index contributed by atoms with van der Waals surface area (Å²) in [4.78, 5) is 4.24. The molecule has 0 saturated carbocycles. The third-order valence-electron chi connectivity index (χ3n) is 2.03. The van der Waals surface area contributed by atoms with Crippen LogP contribution in [-0.4, -0.2) is 4.98 Å². The smallest absolute Gasteiger partial charge is 0.0450 e. The minimum atomic E-state index is 1.06. The van der Waals surface area contributed by atoms with Crippen LogP contribution in [-0.2, 0) is 0 Å². The van der Waals surface area contributed by atoms with E-state index in [0.717, 1.165) is 5.69 Å². The molecule has 0 N–H and O–H groups in total. The van der Waals surface area contributed by atoms with Gasteiger partial charge in [-0.05, 0) is 30.7 Å². The molecule has 2 aromatic rings. The number of rotatable bonds is 1. The summed E-state index contributed by atoms with van der Waals surface area (Å²) in [5.74, 6) is 0. The van der Waals surface area contributed by atoms with Crippen LogP contribution in [0.1, 0.15) is 5.69 Å². The Hall–Kier alpha value is -1.63. The van der Waals surface area contributed by atoms with Gasteiger partial charge in [0.2, 0.25) is 0 Å². The van der Waals surface area contributed by atoms with Crippen LogP contribution < -0.4 is 0 Å². The lowest BCUT2D eigenvalue weighted by Crippen LogP contribution is -1.85. The number of aromatic nitrogens is 1. The standard InChI is InChI=1S/C12H10N/c1-10-12(8-5-9-13-10)11-6-3-2-4-7-11/h2-3,5-9H,1H3. The normalized spacial score (nSPS) is 9.92. The van der Waals surface area contributed by atoms with Gasteiger partial charge in [0, 0.05) is 17.5 Å². The van der Waals surface area contributed by atoms with Gasteiger partial charge in [-0.25, -0.2) is 0 Å². The van der Waals surface area contributed by atoms with E-state index < -0.39 is 0 Å². The van der Waals surface area contributed by atoms with Crippen LogP contribution in [0.5, 0.6) is 0 Å². The third-order valence-corrected chi connectivity index (χ3v) is 2.03. The molecule has 1 nitrogen and oxygen atoms in total. The van der Waals surface area contributed by atoms with Crippen LogP contribution in [0.25, 0.3) is 11.1 Å². The van der Waals surface area contributed by atoms with Crippen molar-refractivity contribution >= 4 is 0 Å². The molecule has 0 unspecified atom stereocenters. The lowest BCUT2D eigenvalue weighted by molar-refractivity contribution is 1.20. The summed E-state index contributed by atoms with van der Waals surface area (Å²) in [6.45, 7) is 2.02. The monoisotopic (exact) mass is 168 g/mol. The van der Waals surface area contributed by atoms with Crippen molar-refractivity contribution in [1.29, 1.82) is 0 Å².